The van der Waals surface area contributed by atoms with Gasteiger partial charge in [-0.2, -0.15) is 0 Å². The first-order chi connectivity index (χ1) is 7.83. The van der Waals surface area contributed by atoms with Gasteiger partial charge in [-0.1, -0.05) is 0 Å². The average molecular weight is 308 g/mol. The number of halogens is 1. The zero-order chi connectivity index (χ0) is 11.6. The van der Waals surface area contributed by atoms with Gasteiger partial charge in [-0.3, -0.25) is 0 Å². The monoisotopic (exact) mass is 307 g/mol. The molecule has 0 aliphatic heterocycles. The lowest BCUT2D eigenvalue weighted by molar-refractivity contribution is 0.104. The number of nitrogens with one attached hydrogen (secondary N) is 1. The fourth-order valence-electron chi connectivity index (χ4n) is 1.21. The molecule has 0 saturated carbocycles. The molecule has 0 radical (unpaired) electrons. The molecule has 0 bridgehead atoms. The minimum Gasteiger partial charge on any atom is -0.385 e. The molecule has 0 spiro atoms. The van der Waals surface area contributed by atoms with Crippen molar-refractivity contribution in [3.05, 3.63) is 20.8 Å². The van der Waals surface area contributed by atoms with Crippen molar-refractivity contribution in [2.75, 3.05) is 33.5 Å². The summed E-state index contributed by atoms with van der Waals surface area (Å²) in [7, 11) is 1.71. The van der Waals surface area contributed by atoms with Crippen LogP contribution >= 0.6 is 27.3 Å². The number of rotatable bonds is 9. The lowest BCUT2D eigenvalue weighted by atomic mass is 10.4. The highest BCUT2D eigenvalue weighted by molar-refractivity contribution is 9.10. The minimum atomic E-state index is 0.760. The quantitative estimate of drug-likeness (QED) is 0.712. The normalized spacial score (nSPS) is 10.9. The molecule has 1 heterocycles. The van der Waals surface area contributed by atoms with Crippen molar-refractivity contribution in [3.8, 4) is 0 Å². The summed E-state index contributed by atoms with van der Waals surface area (Å²) in [5.74, 6) is 0. The maximum Gasteiger partial charge on any atom is 0.0591 e. The van der Waals surface area contributed by atoms with Gasteiger partial charge in [-0.05, 0) is 28.4 Å². The van der Waals surface area contributed by atoms with Gasteiger partial charge in [0.1, 0.15) is 0 Å². The number of thiophene rings is 1. The van der Waals surface area contributed by atoms with E-state index in [1.807, 2.05) is 0 Å². The molecular weight excluding hydrogens is 290 g/mol. The van der Waals surface area contributed by atoms with Crippen LogP contribution in [0.5, 0.6) is 0 Å². The van der Waals surface area contributed by atoms with Gasteiger partial charge in [0, 0.05) is 48.1 Å². The zero-order valence-electron chi connectivity index (χ0n) is 9.50. The Bertz CT molecular complexity index is 281. The Morgan fingerprint density at radius 3 is 2.94 bits per heavy atom. The van der Waals surface area contributed by atoms with Gasteiger partial charge in [0.05, 0.1) is 6.61 Å². The zero-order valence-corrected chi connectivity index (χ0v) is 11.9. The summed E-state index contributed by atoms with van der Waals surface area (Å²) >= 11 is 5.19. The molecule has 0 aliphatic carbocycles. The molecule has 0 aromatic carbocycles. The summed E-state index contributed by atoms with van der Waals surface area (Å²) in [6, 6.07) is 2.14. The van der Waals surface area contributed by atoms with Crippen LogP contribution < -0.4 is 5.32 Å². The van der Waals surface area contributed by atoms with E-state index in [9.17, 15) is 0 Å². The Kier molecular flexibility index (Phi) is 8.06. The van der Waals surface area contributed by atoms with Gasteiger partial charge in [-0.15, -0.1) is 11.3 Å². The summed E-state index contributed by atoms with van der Waals surface area (Å²) in [5.41, 5.74) is 0. The third-order valence-electron chi connectivity index (χ3n) is 1.98. The van der Waals surface area contributed by atoms with Crippen molar-refractivity contribution in [1.82, 2.24) is 5.32 Å². The molecule has 0 amide bonds. The molecule has 1 N–H and O–H groups in total. The van der Waals surface area contributed by atoms with Gasteiger partial charge < -0.3 is 14.8 Å². The minimum absolute atomic E-state index is 0.760. The third kappa shape index (κ3) is 6.60. The number of methoxy groups -OCH3 is 1. The van der Waals surface area contributed by atoms with Crippen molar-refractivity contribution in [3.63, 3.8) is 0 Å². The predicted molar refractivity (Wildman–Crippen MR) is 71.0 cm³/mol. The van der Waals surface area contributed by atoms with E-state index in [2.05, 4.69) is 32.7 Å². The van der Waals surface area contributed by atoms with Crippen molar-refractivity contribution in [2.45, 2.75) is 13.0 Å². The summed E-state index contributed by atoms with van der Waals surface area (Å²) in [6.07, 6.45) is 0.967. The smallest absolute Gasteiger partial charge is 0.0591 e. The maximum atomic E-state index is 5.43. The van der Waals surface area contributed by atoms with Crippen LogP contribution in [-0.2, 0) is 16.0 Å². The second-order valence-electron chi connectivity index (χ2n) is 3.37. The second-order valence-corrected chi connectivity index (χ2v) is 5.28. The van der Waals surface area contributed by atoms with Crippen LogP contribution in [0.1, 0.15) is 11.3 Å². The summed E-state index contributed by atoms with van der Waals surface area (Å²) in [5, 5.41) is 5.43. The second kappa shape index (κ2) is 9.13. The van der Waals surface area contributed by atoms with E-state index in [4.69, 9.17) is 9.47 Å². The molecule has 16 heavy (non-hydrogen) atoms. The third-order valence-corrected chi connectivity index (χ3v) is 3.68. The highest BCUT2D eigenvalue weighted by Gasteiger charge is 1.96. The Balaban J connectivity index is 1.88. The Morgan fingerprint density at radius 2 is 2.25 bits per heavy atom. The molecule has 0 atom stereocenters. The topological polar surface area (TPSA) is 30.5 Å². The molecular formula is C11H18BrNO2S. The first-order valence-corrected chi connectivity index (χ1v) is 7.00. The van der Waals surface area contributed by atoms with Crippen LogP contribution in [0.4, 0.5) is 0 Å². The predicted octanol–water partition coefficient (Wildman–Crippen LogP) is 2.65. The Labute approximate surface area is 109 Å². The Morgan fingerprint density at radius 1 is 1.38 bits per heavy atom. The highest BCUT2D eigenvalue weighted by Crippen LogP contribution is 2.19. The van der Waals surface area contributed by atoms with Crippen molar-refractivity contribution in [1.29, 1.82) is 0 Å². The molecule has 0 saturated heterocycles. The first-order valence-electron chi connectivity index (χ1n) is 5.33. The van der Waals surface area contributed by atoms with E-state index in [1.54, 1.807) is 18.4 Å². The molecule has 92 valence electrons. The van der Waals surface area contributed by atoms with Crippen molar-refractivity contribution < 1.29 is 9.47 Å². The molecule has 0 fully saturated rings. The fraction of sp³-hybridized carbons (Fsp3) is 0.636. The van der Waals surface area contributed by atoms with Crippen molar-refractivity contribution in [2.24, 2.45) is 0 Å². The standard InChI is InChI=1S/C11H18BrNO2S/c1-14-4-2-5-15-6-3-13-8-11-7-10(12)9-16-11/h7,9,13H,2-6,8H2,1H3. The van der Waals surface area contributed by atoms with Gasteiger partial charge in [0.25, 0.3) is 0 Å². The lowest BCUT2D eigenvalue weighted by Crippen LogP contribution is -2.19. The van der Waals surface area contributed by atoms with Gasteiger partial charge in [-0.25, -0.2) is 0 Å². The molecule has 5 heteroatoms. The van der Waals surface area contributed by atoms with Crippen LogP contribution in [0.25, 0.3) is 0 Å². The molecule has 1 aromatic heterocycles. The van der Waals surface area contributed by atoms with E-state index in [0.29, 0.717) is 0 Å². The number of hydrogen-bond donors (Lipinski definition) is 1. The summed E-state index contributed by atoms with van der Waals surface area (Å²) in [4.78, 5) is 1.34. The van der Waals surface area contributed by atoms with Crippen LogP contribution in [0.2, 0.25) is 0 Å². The molecule has 0 aliphatic rings. The highest BCUT2D eigenvalue weighted by atomic mass is 79.9. The number of hydrogen-bond acceptors (Lipinski definition) is 4. The lowest BCUT2D eigenvalue weighted by Gasteiger charge is -2.04. The van der Waals surface area contributed by atoms with Crippen LogP contribution in [-0.4, -0.2) is 33.5 Å². The summed E-state index contributed by atoms with van der Waals surface area (Å²) in [6.45, 7) is 4.12. The van der Waals surface area contributed by atoms with Gasteiger partial charge >= 0.3 is 0 Å². The number of ether oxygens (including phenoxy) is 2. The molecule has 1 aromatic rings. The molecule has 0 unspecified atom stereocenters. The SMILES string of the molecule is COCCCOCCNCc1cc(Br)cs1. The van der Waals surface area contributed by atoms with Crippen LogP contribution in [0.15, 0.2) is 15.9 Å². The Hall–Kier alpha value is 0.0600. The average Bonchev–Trinajstić information content (AvgIpc) is 2.68. The van der Waals surface area contributed by atoms with Crippen LogP contribution in [0.3, 0.4) is 0 Å². The maximum absolute atomic E-state index is 5.43. The van der Waals surface area contributed by atoms with E-state index in [0.717, 1.165) is 43.8 Å². The first kappa shape index (κ1) is 14.1. The van der Waals surface area contributed by atoms with Gasteiger partial charge in [0.2, 0.25) is 0 Å². The molecule has 3 nitrogen and oxygen atoms in total. The van der Waals surface area contributed by atoms with E-state index < -0.39 is 0 Å². The van der Waals surface area contributed by atoms with Crippen LogP contribution in [0, 0.1) is 0 Å². The van der Waals surface area contributed by atoms with Gasteiger partial charge in [0.15, 0.2) is 0 Å². The van der Waals surface area contributed by atoms with E-state index >= 15 is 0 Å². The fourth-order valence-corrected chi connectivity index (χ4v) is 2.63. The molecule has 1 rings (SSSR count). The summed E-state index contributed by atoms with van der Waals surface area (Å²) < 4.78 is 11.5. The largest absolute Gasteiger partial charge is 0.385 e. The van der Waals surface area contributed by atoms with E-state index in [1.165, 1.54) is 4.88 Å². The van der Waals surface area contributed by atoms with Crippen molar-refractivity contribution >= 4 is 27.3 Å². The van der Waals surface area contributed by atoms with E-state index in [-0.39, 0.29) is 0 Å².